The minimum Gasteiger partial charge on any atom is -0.507 e. The summed E-state index contributed by atoms with van der Waals surface area (Å²) < 4.78 is 5.18. The minimum absolute atomic E-state index is 0.0161. The minimum atomic E-state index is -0.441. The van der Waals surface area contributed by atoms with E-state index in [4.69, 9.17) is 4.74 Å². The van der Waals surface area contributed by atoms with Gasteiger partial charge in [0.15, 0.2) is 0 Å². The van der Waals surface area contributed by atoms with E-state index < -0.39 is 11.5 Å². The van der Waals surface area contributed by atoms with Crippen LogP contribution in [-0.4, -0.2) is 36.3 Å². The van der Waals surface area contributed by atoms with Crippen LogP contribution >= 0.6 is 0 Å². The molecule has 0 spiro atoms. The van der Waals surface area contributed by atoms with Gasteiger partial charge in [0.25, 0.3) is 11.5 Å². The predicted molar refractivity (Wildman–Crippen MR) is 69.2 cm³/mol. The first-order valence-corrected chi connectivity index (χ1v) is 6.25. The van der Waals surface area contributed by atoms with Crippen molar-refractivity contribution in [2.24, 2.45) is 5.41 Å². The number of ether oxygens (including phenoxy) is 1. The maximum absolute atomic E-state index is 11.9. The molecule has 0 radical (unpaired) electrons. The van der Waals surface area contributed by atoms with Crippen molar-refractivity contribution in [3.63, 3.8) is 0 Å². The molecule has 0 aliphatic heterocycles. The third-order valence-corrected chi connectivity index (χ3v) is 3.64. The zero-order chi connectivity index (χ0) is 13.9. The van der Waals surface area contributed by atoms with Crippen LogP contribution in [0.2, 0.25) is 0 Å². The van der Waals surface area contributed by atoms with Gasteiger partial charge in [0.2, 0.25) is 0 Å². The van der Waals surface area contributed by atoms with Crippen molar-refractivity contribution in [1.82, 2.24) is 10.3 Å². The van der Waals surface area contributed by atoms with Crippen molar-refractivity contribution in [3.05, 3.63) is 28.2 Å². The smallest absolute Gasteiger partial charge is 0.256 e. The maximum Gasteiger partial charge on any atom is 0.256 e. The van der Waals surface area contributed by atoms with Gasteiger partial charge in [-0.05, 0) is 12.8 Å². The van der Waals surface area contributed by atoms with Gasteiger partial charge in [-0.15, -0.1) is 0 Å². The van der Waals surface area contributed by atoms with E-state index in [-0.39, 0.29) is 16.7 Å². The van der Waals surface area contributed by atoms with Gasteiger partial charge in [0.1, 0.15) is 5.75 Å². The zero-order valence-corrected chi connectivity index (χ0v) is 10.9. The number of amides is 1. The molecule has 6 heteroatoms. The van der Waals surface area contributed by atoms with Crippen LogP contribution in [0.5, 0.6) is 5.75 Å². The van der Waals surface area contributed by atoms with Crippen molar-refractivity contribution in [2.45, 2.75) is 19.3 Å². The summed E-state index contributed by atoms with van der Waals surface area (Å²) in [6, 6.07) is 0.989. The van der Waals surface area contributed by atoms with Crippen LogP contribution in [0.4, 0.5) is 0 Å². The molecule has 19 heavy (non-hydrogen) atoms. The Morgan fingerprint density at radius 1 is 1.58 bits per heavy atom. The van der Waals surface area contributed by atoms with E-state index in [9.17, 15) is 14.7 Å². The molecule has 0 aromatic carbocycles. The second kappa shape index (κ2) is 5.44. The van der Waals surface area contributed by atoms with Crippen LogP contribution in [0.1, 0.15) is 29.6 Å². The molecular weight excluding hydrogens is 248 g/mol. The first-order valence-electron chi connectivity index (χ1n) is 6.25. The van der Waals surface area contributed by atoms with E-state index in [0.29, 0.717) is 13.2 Å². The highest BCUT2D eigenvalue weighted by molar-refractivity contribution is 5.96. The van der Waals surface area contributed by atoms with Gasteiger partial charge < -0.3 is 20.1 Å². The standard InChI is InChI=1S/C13H18N2O4/c1-19-8-13(3-2-4-13)7-15-12(18)9-6-14-11(17)5-10(9)16/h5-6H,2-4,7-8H2,1H3,(H,15,18)(H2,14,16,17). The number of pyridine rings is 1. The highest BCUT2D eigenvalue weighted by Crippen LogP contribution is 2.40. The lowest BCUT2D eigenvalue weighted by atomic mass is 9.69. The molecule has 1 amide bonds. The first kappa shape index (κ1) is 13.6. The Kier molecular flexibility index (Phi) is 3.90. The van der Waals surface area contributed by atoms with Gasteiger partial charge >= 0.3 is 0 Å². The molecule has 2 rings (SSSR count). The zero-order valence-electron chi connectivity index (χ0n) is 10.9. The number of rotatable bonds is 5. The predicted octanol–water partition coefficient (Wildman–Crippen LogP) is 0.627. The lowest BCUT2D eigenvalue weighted by Crippen LogP contribution is -2.45. The second-order valence-electron chi connectivity index (χ2n) is 5.07. The fourth-order valence-corrected chi connectivity index (χ4v) is 2.36. The van der Waals surface area contributed by atoms with Crippen molar-refractivity contribution < 1.29 is 14.6 Å². The molecule has 1 aliphatic rings. The lowest BCUT2D eigenvalue weighted by Gasteiger charge is -2.41. The molecule has 1 aromatic heterocycles. The van der Waals surface area contributed by atoms with E-state index in [1.54, 1.807) is 7.11 Å². The first-order chi connectivity index (χ1) is 9.06. The van der Waals surface area contributed by atoms with Gasteiger partial charge in [-0.25, -0.2) is 0 Å². The molecule has 0 unspecified atom stereocenters. The molecule has 0 bridgehead atoms. The Hall–Kier alpha value is -1.82. The fourth-order valence-electron chi connectivity index (χ4n) is 2.36. The van der Waals surface area contributed by atoms with E-state index in [0.717, 1.165) is 25.3 Å². The molecule has 104 valence electrons. The number of methoxy groups -OCH3 is 1. The van der Waals surface area contributed by atoms with E-state index in [1.807, 2.05) is 0 Å². The number of hydrogen-bond acceptors (Lipinski definition) is 4. The number of hydrogen-bond donors (Lipinski definition) is 3. The molecule has 3 N–H and O–H groups in total. The van der Waals surface area contributed by atoms with Crippen LogP contribution in [-0.2, 0) is 4.74 Å². The second-order valence-corrected chi connectivity index (χ2v) is 5.07. The number of H-pyrrole nitrogens is 1. The van der Waals surface area contributed by atoms with Crippen LogP contribution < -0.4 is 10.9 Å². The monoisotopic (exact) mass is 266 g/mol. The Labute approximate surface area is 110 Å². The van der Waals surface area contributed by atoms with Crippen LogP contribution in [0.3, 0.4) is 0 Å². The number of aromatic amines is 1. The molecule has 1 aromatic rings. The average molecular weight is 266 g/mol. The Morgan fingerprint density at radius 2 is 2.32 bits per heavy atom. The molecule has 1 fully saturated rings. The molecule has 0 atom stereocenters. The fraction of sp³-hybridized carbons (Fsp3) is 0.538. The van der Waals surface area contributed by atoms with E-state index in [1.165, 1.54) is 6.20 Å². The quantitative estimate of drug-likeness (QED) is 0.729. The summed E-state index contributed by atoms with van der Waals surface area (Å²) in [6.45, 7) is 1.13. The highest BCUT2D eigenvalue weighted by atomic mass is 16.5. The summed E-state index contributed by atoms with van der Waals surface area (Å²) >= 11 is 0. The third kappa shape index (κ3) is 2.96. The van der Waals surface area contributed by atoms with Crippen molar-refractivity contribution in [1.29, 1.82) is 0 Å². The molecule has 6 nitrogen and oxygen atoms in total. The summed E-state index contributed by atoms with van der Waals surface area (Å²) in [5.41, 5.74) is -0.349. The summed E-state index contributed by atoms with van der Waals surface area (Å²) in [5, 5.41) is 12.3. The normalized spacial score (nSPS) is 16.7. The summed E-state index contributed by atoms with van der Waals surface area (Å²) in [5.74, 6) is -0.702. The number of carbonyl (C=O) groups excluding carboxylic acids is 1. The van der Waals surface area contributed by atoms with Gasteiger partial charge in [-0.2, -0.15) is 0 Å². The maximum atomic E-state index is 11.9. The largest absolute Gasteiger partial charge is 0.507 e. The third-order valence-electron chi connectivity index (χ3n) is 3.64. The summed E-state index contributed by atoms with van der Waals surface area (Å²) in [6.07, 6.45) is 4.41. The molecular formula is C13H18N2O4. The lowest BCUT2D eigenvalue weighted by molar-refractivity contribution is 0.0179. The number of nitrogens with one attached hydrogen (secondary N) is 2. The molecule has 1 aliphatic carbocycles. The Balaban J connectivity index is 1.99. The van der Waals surface area contributed by atoms with E-state index >= 15 is 0 Å². The average Bonchev–Trinajstić information content (AvgIpc) is 2.32. The van der Waals surface area contributed by atoms with Crippen molar-refractivity contribution in [2.75, 3.05) is 20.3 Å². The highest BCUT2D eigenvalue weighted by Gasteiger charge is 2.37. The van der Waals surface area contributed by atoms with Crippen molar-refractivity contribution >= 4 is 5.91 Å². The molecule has 0 saturated heterocycles. The molecule has 1 heterocycles. The van der Waals surface area contributed by atoms with Gasteiger partial charge in [0.05, 0.1) is 12.2 Å². The molecule has 1 saturated carbocycles. The topological polar surface area (TPSA) is 91.4 Å². The van der Waals surface area contributed by atoms with Crippen LogP contribution in [0.25, 0.3) is 0 Å². The van der Waals surface area contributed by atoms with Gasteiger partial charge in [-0.3, -0.25) is 9.59 Å². The number of aromatic nitrogens is 1. The Morgan fingerprint density at radius 3 is 2.84 bits per heavy atom. The van der Waals surface area contributed by atoms with Crippen molar-refractivity contribution in [3.8, 4) is 5.75 Å². The summed E-state index contributed by atoms with van der Waals surface area (Å²) in [4.78, 5) is 25.3. The summed E-state index contributed by atoms with van der Waals surface area (Å²) in [7, 11) is 1.65. The number of carbonyl (C=O) groups is 1. The SMILES string of the molecule is COCC1(CNC(=O)c2c[nH]c(=O)cc2O)CCC1. The van der Waals surface area contributed by atoms with Gasteiger partial charge in [0, 0.05) is 31.3 Å². The van der Waals surface area contributed by atoms with Gasteiger partial charge in [-0.1, -0.05) is 6.42 Å². The number of aromatic hydroxyl groups is 1. The van der Waals surface area contributed by atoms with Crippen LogP contribution in [0, 0.1) is 5.41 Å². The Bertz CT molecular complexity index is 520. The van der Waals surface area contributed by atoms with E-state index in [2.05, 4.69) is 10.3 Å². The van der Waals surface area contributed by atoms with Crippen LogP contribution in [0.15, 0.2) is 17.1 Å².